The van der Waals surface area contributed by atoms with E-state index in [1.165, 1.54) is 0 Å². The Morgan fingerprint density at radius 3 is 2.36 bits per heavy atom. The van der Waals surface area contributed by atoms with Crippen molar-refractivity contribution in [2.45, 2.75) is 0 Å². The molecule has 0 bridgehead atoms. The van der Waals surface area contributed by atoms with Crippen molar-refractivity contribution < 1.29 is 19.1 Å². The molecular weight excluding hydrogens is 458 g/mol. The van der Waals surface area contributed by atoms with Crippen LogP contribution in [0.25, 0.3) is 11.3 Å². The van der Waals surface area contributed by atoms with Crippen LogP contribution in [0.2, 0.25) is 0 Å². The summed E-state index contributed by atoms with van der Waals surface area (Å²) in [7, 11) is 3.22. The molecule has 3 aromatic rings. The van der Waals surface area contributed by atoms with Crippen LogP contribution in [0.1, 0.15) is 10.4 Å². The Labute approximate surface area is 211 Å². The molecule has 1 aliphatic rings. The van der Waals surface area contributed by atoms with Crippen LogP contribution in [-0.4, -0.2) is 91.9 Å². The second-order valence-electron chi connectivity index (χ2n) is 8.46. The van der Waals surface area contributed by atoms with E-state index in [0.717, 1.165) is 22.8 Å². The van der Waals surface area contributed by atoms with Crippen LogP contribution in [0.5, 0.6) is 5.75 Å². The van der Waals surface area contributed by atoms with E-state index in [-0.39, 0.29) is 18.4 Å². The number of hydrogen-bond donors (Lipinski definition) is 0. The molecule has 2 heterocycles. The number of rotatable bonds is 9. The first-order valence-electron chi connectivity index (χ1n) is 11.9. The van der Waals surface area contributed by atoms with E-state index in [4.69, 9.17) is 9.47 Å². The van der Waals surface area contributed by atoms with Gasteiger partial charge in [0.1, 0.15) is 12.3 Å². The summed E-state index contributed by atoms with van der Waals surface area (Å²) in [6, 6.07) is 20.6. The molecule has 1 saturated heterocycles. The minimum atomic E-state index is -0.175. The molecule has 0 aliphatic carbocycles. The minimum Gasteiger partial charge on any atom is -0.497 e. The highest BCUT2D eigenvalue weighted by atomic mass is 16.5. The third-order valence-electron chi connectivity index (χ3n) is 6.17. The Morgan fingerprint density at radius 1 is 0.917 bits per heavy atom. The van der Waals surface area contributed by atoms with E-state index in [1.54, 1.807) is 36.2 Å². The Morgan fingerprint density at radius 2 is 1.69 bits per heavy atom. The highest BCUT2D eigenvalue weighted by Crippen LogP contribution is 2.23. The molecule has 2 amide bonds. The Bertz CT molecular complexity index is 1150. The molecule has 0 N–H and O–H groups in total. The van der Waals surface area contributed by atoms with E-state index in [2.05, 4.69) is 15.1 Å². The average molecular weight is 490 g/mol. The number of methoxy groups -OCH3 is 2. The van der Waals surface area contributed by atoms with Crippen LogP contribution >= 0.6 is 0 Å². The number of amides is 2. The monoisotopic (exact) mass is 489 g/mol. The maximum atomic E-state index is 13.0. The summed E-state index contributed by atoms with van der Waals surface area (Å²) in [6.45, 7) is 3.13. The number of carbonyl (C=O) groups is 2. The summed E-state index contributed by atoms with van der Waals surface area (Å²) < 4.78 is 10.4. The molecule has 0 radical (unpaired) electrons. The molecule has 0 spiro atoms. The number of piperazine rings is 1. The van der Waals surface area contributed by atoms with Gasteiger partial charge in [-0.2, -0.15) is 0 Å². The number of anilines is 1. The molecule has 9 nitrogen and oxygen atoms in total. The first-order valence-corrected chi connectivity index (χ1v) is 11.9. The van der Waals surface area contributed by atoms with Gasteiger partial charge in [0.15, 0.2) is 5.82 Å². The summed E-state index contributed by atoms with van der Waals surface area (Å²) in [5.41, 5.74) is 2.26. The van der Waals surface area contributed by atoms with Gasteiger partial charge in [0.25, 0.3) is 5.91 Å². The third kappa shape index (κ3) is 6.17. The normalized spacial score (nSPS) is 13.4. The maximum absolute atomic E-state index is 13.0. The lowest BCUT2D eigenvalue weighted by molar-refractivity contribution is -0.132. The van der Waals surface area contributed by atoms with Gasteiger partial charge in [-0.1, -0.05) is 30.3 Å². The van der Waals surface area contributed by atoms with Crippen LogP contribution in [0.3, 0.4) is 0 Å². The topological polar surface area (TPSA) is 88.1 Å². The second-order valence-corrected chi connectivity index (χ2v) is 8.46. The fourth-order valence-corrected chi connectivity index (χ4v) is 4.10. The van der Waals surface area contributed by atoms with Crippen molar-refractivity contribution in [1.82, 2.24) is 20.0 Å². The summed E-state index contributed by atoms with van der Waals surface area (Å²) in [5, 5.41) is 8.79. The van der Waals surface area contributed by atoms with Crippen molar-refractivity contribution in [2.75, 3.05) is 65.0 Å². The minimum absolute atomic E-state index is 0.0200. The molecular formula is C27H31N5O4. The fourth-order valence-electron chi connectivity index (χ4n) is 4.10. The predicted octanol–water partition coefficient (Wildman–Crippen LogP) is 2.59. The molecule has 0 unspecified atom stereocenters. The Balaban J connectivity index is 1.34. The van der Waals surface area contributed by atoms with Crippen molar-refractivity contribution in [3.63, 3.8) is 0 Å². The molecule has 188 valence electrons. The quantitative estimate of drug-likeness (QED) is 0.457. The van der Waals surface area contributed by atoms with Gasteiger partial charge < -0.3 is 24.2 Å². The summed E-state index contributed by atoms with van der Waals surface area (Å²) in [5.74, 6) is 1.29. The van der Waals surface area contributed by atoms with E-state index < -0.39 is 0 Å². The molecule has 1 aliphatic heterocycles. The molecule has 2 aromatic carbocycles. The molecule has 0 saturated carbocycles. The highest BCUT2D eigenvalue weighted by molar-refractivity contribution is 5.96. The lowest BCUT2D eigenvalue weighted by Gasteiger charge is -2.36. The largest absolute Gasteiger partial charge is 0.497 e. The zero-order chi connectivity index (χ0) is 25.3. The number of ether oxygens (including phenoxy) is 2. The molecule has 4 rings (SSSR count). The zero-order valence-corrected chi connectivity index (χ0v) is 20.7. The van der Waals surface area contributed by atoms with Crippen molar-refractivity contribution in [3.8, 4) is 17.0 Å². The van der Waals surface area contributed by atoms with Crippen molar-refractivity contribution in [1.29, 1.82) is 0 Å². The molecule has 0 atom stereocenters. The second kappa shape index (κ2) is 12.1. The van der Waals surface area contributed by atoms with Gasteiger partial charge in [0, 0.05) is 51.0 Å². The smallest absolute Gasteiger partial charge is 0.254 e. The standard InChI is InChI=1S/C27H31N5O4/c1-35-18-17-32(27(34)21-7-4-3-5-8-21)20-26(33)31-15-13-30(14-16-31)25-12-11-24(28-29-25)22-9-6-10-23(19-22)36-2/h3-12,19H,13-18,20H2,1-2H3. The lowest BCUT2D eigenvalue weighted by atomic mass is 10.1. The van der Waals surface area contributed by atoms with E-state index >= 15 is 0 Å². The van der Waals surface area contributed by atoms with Gasteiger partial charge in [-0.15, -0.1) is 10.2 Å². The van der Waals surface area contributed by atoms with Crippen LogP contribution in [0, 0.1) is 0 Å². The first kappa shape index (κ1) is 25.1. The molecule has 36 heavy (non-hydrogen) atoms. The number of aromatic nitrogens is 2. The first-order chi connectivity index (χ1) is 17.6. The van der Waals surface area contributed by atoms with Gasteiger partial charge in [0.2, 0.25) is 5.91 Å². The van der Waals surface area contributed by atoms with Crippen LogP contribution in [0.15, 0.2) is 66.7 Å². The van der Waals surface area contributed by atoms with Crippen LogP contribution in [0.4, 0.5) is 5.82 Å². The molecule has 1 aromatic heterocycles. The Kier molecular flexibility index (Phi) is 8.46. The van der Waals surface area contributed by atoms with E-state index in [0.29, 0.717) is 44.9 Å². The van der Waals surface area contributed by atoms with Crippen molar-refractivity contribution in [2.24, 2.45) is 0 Å². The average Bonchev–Trinajstić information content (AvgIpc) is 2.95. The van der Waals surface area contributed by atoms with Gasteiger partial charge in [0.05, 0.1) is 19.4 Å². The number of hydrogen-bond acceptors (Lipinski definition) is 7. The summed E-state index contributed by atoms with van der Waals surface area (Å²) in [4.78, 5) is 31.4. The van der Waals surface area contributed by atoms with Crippen LogP contribution < -0.4 is 9.64 Å². The zero-order valence-electron chi connectivity index (χ0n) is 20.7. The SMILES string of the molecule is COCCN(CC(=O)N1CCN(c2ccc(-c3cccc(OC)c3)nn2)CC1)C(=O)c1ccccc1. The number of carbonyl (C=O) groups excluding carboxylic acids is 2. The van der Waals surface area contributed by atoms with Crippen molar-refractivity contribution in [3.05, 3.63) is 72.3 Å². The fraction of sp³-hybridized carbons (Fsp3) is 0.333. The highest BCUT2D eigenvalue weighted by Gasteiger charge is 2.26. The summed E-state index contributed by atoms with van der Waals surface area (Å²) in [6.07, 6.45) is 0. The van der Waals surface area contributed by atoms with E-state index in [1.807, 2.05) is 54.6 Å². The predicted molar refractivity (Wildman–Crippen MR) is 137 cm³/mol. The van der Waals surface area contributed by atoms with Gasteiger partial charge in [-0.3, -0.25) is 9.59 Å². The number of benzene rings is 2. The molecule has 1 fully saturated rings. The van der Waals surface area contributed by atoms with Crippen molar-refractivity contribution >= 4 is 17.6 Å². The third-order valence-corrected chi connectivity index (χ3v) is 6.17. The van der Waals surface area contributed by atoms with E-state index in [9.17, 15) is 9.59 Å². The summed E-state index contributed by atoms with van der Waals surface area (Å²) >= 11 is 0. The van der Waals surface area contributed by atoms with Gasteiger partial charge in [-0.05, 0) is 36.4 Å². The lowest BCUT2D eigenvalue weighted by Crippen LogP contribution is -2.52. The maximum Gasteiger partial charge on any atom is 0.254 e. The van der Waals surface area contributed by atoms with Crippen LogP contribution in [-0.2, 0) is 9.53 Å². The van der Waals surface area contributed by atoms with Gasteiger partial charge >= 0.3 is 0 Å². The molecule has 9 heteroatoms. The number of nitrogens with zero attached hydrogens (tertiary/aromatic N) is 5. The van der Waals surface area contributed by atoms with Gasteiger partial charge in [-0.25, -0.2) is 0 Å². The Hall–Kier alpha value is -3.98.